The number of halogens is 1. The molecular formula is C17H15FN6O2. The molecule has 132 valence electrons. The second-order valence-electron chi connectivity index (χ2n) is 6.03. The van der Waals surface area contributed by atoms with Crippen LogP contribution in [0.15, 0.2) is 36.5 Å². The molecule has 1 aliphatic heterocycles. The molecule has 26 heavy (non-hydrogen) atoms. The number of carbonyl (C=O) groups excluding carboxylic acids is 1. The maximum absolute atomic E-state index is 14.6. The second kappa shape index (κ2) is 6.17. The third kappa shape index (κ3) is 2.77. The van der Waals surface area contributed by atoms with Crippen molar-refractivity contribution in [2.45, 2.75) is 13.0 Å². The summed E-state index contributed by atoms with van der Waals surface area (Å²) in [4.78, 5) is 17.5. The highest BCUT2D eigenvalue weighted by Crippen LogP contribution is 2.29. The van der Waals surface area contributed by atoms with Crippen molar-refractivity contribution in [3.63, 3.8) is 0 Å². The lowest BCUT2D eigenvalue weighted by atomic mass is 10.1. The number of carbonyl (C=O) groups is 1. The topological polar surface area (TPSA) is 86.0 Å². The van der Waals surface area contributed by atoms with Gasteiger partial charge in [0.1, 0.15) is 17.6 Å². The standard InChI is InChI=1S/C17H15FN6O2/c1-10-9-24(17(25)26-10)12-4-5-13(14(18)7-12)11-3-6-15(19-8-11)16-20-21-22-23(16)2/h3-8,10H,9H2,1-2H3/t10-/m1/s1. The van der Waals surface area contributed by atoms with Gasteiger partial charge < -0.3 is 4.74 Å². The Morgan fingerprint density at radius 1 is 1.27 bits per heavy atom. The second-order valence-corrected chi connectivity index (χ2v) is 6.03. The van der Waals surface area contributed by atoms with Crippen molar-refractivity contribution >= 4 is 11.8 Å². The Kier molecular flexibility index (Phi) is 3.83. The summed E-state index contributed by atoms with van der Waals surface area (Å²) in [5.41, 5.74) is 2.07. The Labute approximate surface area is 148 Å². The molecule has 8 nitrogen and oxygen atoms in total. The van der Waals surface area contributed by atoms with E-state index in [2.05, 4.69) is 20.5 Å². The number of ether oxygens (including phenoxy) is 1. The highest BCUT2D eigenvalue weighted by molar-refractivity contribution is 5.90. The van der Waals surface area contributed by atoms with Crippen LogP contribution in [0.4, 0.5) is 14.9 Å². The molecular weight excluding hydrogens is 339 g/mol. The van der Waals surface area contributed by atoms with E-state index in [4.69, 9.17) is 4.74 Å². The fourth-order valence-corrected chi connectivity index (χ4v) is 2.85. The minimum Gasteiger partial charge on any atom is -0.444 e. The molecule has 1 amide bonds. The number of aryl methyl sites for hydroxylation is 1. The van der Waals surface area contributed by atoms with Crippen LogP contribution in [0.3, 0.4) is 0 Å². The van der Waals surface area contributed by atoms with Gasteiger partial charge in [-0.2, -0.15) is 0 Å². The predicted molar refractivity (Wildman–Crippen MR) is 90.7 cm³/mol. The summed E-state index contributed by atoms with van der Waals surface area (Å²) in [5.74, 6) is 0.0822. The minimum absolute atomic E-state index is 0.211. The lowest BCUT2D eigenvalue weighted by Crippen LogP contribution is -2.24. The summed E-state index contributed by atoms with van der Waals surface area (Å²) in [7, 11) is 1.72. The van der Waals surface area contributed by atoms with E-state index in [1.165, 1.54) is 15.6 Å². The summed E-state index contributed by atoms with van der Waals surface area (Å²) in [6.45, 7) is 2.20. The number of aromatic nitrogens is 5. The molecule has 0 radical (unpaired) electrons. The molecule has 9 heteroatoms. The van der Waals surface area contributed by atoms with Crippen molar-refractivity contribution in [3.8, 4) is 22.6 Å². The van der Waals surface area contributed by atoms with E-state index in [9.17, 15) is 9.18 Å². The van der Waals surface area contributed by atoms with Crippen LogP contribution in [0.25, 0.3) is 22.6 Å². The van der Waals surface area contributed by atoms with Crippen LogP contribution in [-0.4, -0.2) is 43.9 Å². The van der Waals surface area contributed by atoms with Crippen molar-refractivity contribution in [2.75, 3.05) is 11.4 Å². The highest BCUT2D eigenvalue weighted by Gasteiger charge is 2.29. The van der Waals surface area contributed by atoms with Crippen molar-refractivity contribution in [1.29, 1.82) is 0 Å². The van der Waals surface area contributed by atoms with Crippen molar-refractivity contribution in [1.82, 2.24) is 25.2 Å². The largest absolute Gasteiger partial charge is 0.444 e. The molecule has 1 aromatic carbocycles. The quantitative estimate of drug-likeness (QED) is 0.718. The number of tetrazole rings is 1. The maximum Gasteiger partial charge on any atom is 0.414 e. The van der Waals surface area contributed by atoms with Gasteiger partial charge in [-0.25, -0.2) is 13.9 Å². The normalized spacial score (nSPS) is 16.8. The van der Waals surface area contributed by atoms with Crippen molar-refractivity contribution in [2.24, 2.45) is 7.05 Å². The average molecular weight is 354 g/mol. The Balaban J connectivity index is 1.62. The van der Waals surface area contributed by atoms with Gasteiger partial charge in [-0.1, -0.05) is 6.07 Å². The van der Waals surface area contributed by atoms with E-state index in [0.29, 0.717) is 34.9 Å². The van der Waals surface area contributed by atoms with E-state index in [-0.39, 0.29) is 6.10 Å². The summed E-state index contributed by atoms with van der Waals surface area (Å²) in [6, 6.07) is 8.13. The number of anilines is 1. The molecule has 1 fully saturated rings. The zero-order valence-electron chi connectivity index (χ0n) is 14.1. The molecule has 2 aromatic heterocycles. The van der Waals surface area contributed by atoms with E-state index in [1.807, 2.05) is 0 Å². The predicted octanol–water partition coefficient (Wildman–Crippen LogP) is 2.42. The minimum atomic E-state index is -0.465. The molecule has 3 aromatic rings. The van der Waals surface area contributed by atoms with Crippen molar-refractivity contribution < 1.29 is 13.9 Å². The molecule has 0 saturated carbocycles. The van der Waals surface area contributed by atoms with E-state index >= 15 is 0 Å². The van der Waals surface area contributed by atoms with Crippen LogP contribution in [0, 0.1) is 5.82 Å². The Hall–Kier alpha value is -3.36. The molecule has 3 heterocycles. The molecule has 1 aliphatic rings. The highest BCUT2D eigenvalue weighted by atomic mass is 19.1. The van der Waals surface area contributed by atoms with Crippen LogP contribution < -0.4 is 4.90 Å². The van der Waals surface area contributed by atoms with Crippen LogP contribution in [0.5, 0.6) is 0 Å². The number of amides is 1. The number of nitrogens with zero attached hydrogens (tertiary/aromatic N) is 6. The average Bonchev–Trinajstić information content (AvgIpc) is 3.20. The number of benzene rings is 1. The van der Waals surface area contributed by atoms with Crippen LogP contribution in [0.1, 0.15) is 6.92 Å². The molecule has 1 saturated heterocycles. The third-order valence-corrected chi connectivity index (χ3v) is 4.15. The fourth-order valence-electron chi connectivity index (χ4n) is 2.85. The van der Waals surface area contributed by atoms with Gasteiger partial charge in [-0.15, -0.1) is 5.10 Å². The number of cyclic esters (lactones) is 1. The van der Waals surface area contributed by atoms with Crippen molar-refractivity contribution in [3.05, 3.63) is 42.3 Å². The summed E-state index contributed by atoms with van der Waals surface area (Å²) in [6.07, 6.45) is 0.888. The van der Waals surface area contributed by atoms with Gasteiger partial charge in [0.25, 0.3) is 0 Å². The zero-order valence-corrected chi connectivity index (χ0v) is 14.1. The fraction of sp³-hybridized carbons (Fsp3) is 0.235. The first-order valence-corrected chi connectivity index (χ1v) is 8.00. The number of pyridine rings is 1. The lowest BCUT2D eigenvalue weighted by molar-refractivity contribution is 0.150. The monoisotopic (exact) mass is 354 g/mol. The lowest BCUT2D eigenvalue weighted by Gasteiger charge is -2.14. The number of rotatable bonds is 3. The molecule has 4 rings (SSSR count). The van der Waals surface area contributed by atoms with Gasteiger partial charge in [0.05, 0.1) is 12.2 Å². The van der Waals surface area contributed by atoms with E-state index < -0.39 is 11.9 Å². The molecule has 0 N–H and O–H groups in total. The first-order chi connectivity index (χ1) is 12.5. The molecule has 0 bridgehead atoms. The first-order valence-electron chi connectivity index (χ1n) is 8.00. The summed E-state index contributed by atoms with van der Waals surface area (Å²) < 4.78 is 21.2. The maximum atomic E-state index is 14.6. The molecule has 1 atom stereocenters. The van der Waals surface area contributed by atoms with E-state index in [1.54, 1.807) is 44.4 Å². The Morgan fingerprint density at radius 2 is 2.12 bits per heavy atom. The van der Waals surface area contributed by atoms with Crippen LogP contribution >= 0.6 is 0 Å². The molecule has 0 aliphatic carbocycles. The van der Waals surface area contributed by atoms with Gasteiger partial charge in [0, 0.05) is 24.4 Å². The van der Waals surface area contributed by atoms with Gasteiger partial charge in [0.2, 0.25) is 0 Å². The summed E-state index contributed by atoms with van der Waals surface area (Å²) in [5, 5.41) is 11.2. The number of hydrogen-bond acceptors (Lipinski definition) is 6. The number of hydrogen-bond donors (Lipinski definition) is 0. The SMILES string of the molecule is C[C@@H]1CN(c2ccc(-c3ccc(-c4nnnn4C)nc3)c(F)c2)C(=O)O1. The smallest absolute Gasteiger partial charge is 0.414 e. The summed E-state index contributed by atoms with van der Waals surface area (Å²) >= 11 is 0. The molecule has 0 unspecified atom stereocenters. The van der Waals surface area contributed by atoms with Gasteiger partial charge in [-0.05, 0) is 41.6 Å². The van der Waals surface area contributed by atoms with E-state index in [0.717, 1.165) is 0 Å². The first kappa shape index (κ1) is 16.1. The van der Waals surface area contributed by atoms with Crippen LogP contribution in [0.2, 0.25) is 0 Å². The Bertz CT molecular complexity index is 972. The van der Waals surface area contributed by atoms with Crippen LogP contribution in [-0.2, 0) is 11.8 Å². The molecule has 0 spiro atoms. The third-order valence-electron chi connectivity index (χ3n) is 4.15. The Morgan fingerprint density at radius 3 is 2.69 bits per heavy atom. The van der Waals surface area contributed by atoms with Gasteiger partial charge >= 0.3 is 6.09 Å². The zero-order chi connectivity index (χ0) is 18.3. The van der Waals surface area contributed by atoms with Gasteiger partial charge in [-0.3, -0.25) is 9.88 Å². The van der Waals surface area contributed by atoms with Gasteiger partial charge in [0.15, 0.2) is 5.82 Å².